The van der Waals surface area contributed by atoms with Crippen LogP contribution in [-0.2, 0) is 11.2 Å². The zero-order valence-electron chi connectivity index (χ0n) is 16.6. The number of anilines is 2. The summed E-state index contributed by atoms with van der Waals surface area (Å²) in [6.45, 7) is 2.97. The number of piperidine rings is 1. The summed E-state index contributed by atoms with van der Waals surface area (Å²) in [5.74, 6) is 0.184. The number of halogens is 3. The number of hydrogen-bond donors (Lipinski definition) is 2. The molecule has 0 aromatic heterocycles. The lowest BCUT2D eigenvalue weighted by Gasteiger charge is -2.39. The molecular formula is C22H23Cl2FN2O3. The van der Waals surface area contributed by atoms with Gasteiger partial charge < -0.3 is 20.1 Å². The smallest absolute Gasteiger partial charge is 0.224 e. The third kappa shape index (κ3) is 4.22. The topological polar surface area (TPSA) is 61.8 Å². The van der Waals surface area contributed by atoms with E-state index < -0.39 is 5.60 Å². The summed E-state index contributed by atoms with van der Waals surface area (Å²) in [7, 11) is 0. The molecule has 0 unspecified atom stereocenters. The van der Waals surface area contributed by atoms with Gasteiger partial charge in [-0.1, -0.05) is 23.2 Å². The van der Waals surface area contributed by atoms with Crippen LogP contribution in [-0.4, -0.2) is 36.3 Å². The van der Waals surface area contributed by atoms with Gasteiger partial charge in [0.15, 0.2) is 0 Å². The van der Waals surface area contributed by atoms with E-state index in [9.17, 15) is 14.3 Å². The number of nitrogens with one attached hydrogen (secondary N) is 1. The van der Waals surface area contributed by atoms with Crippen molar-refractivity contribution in [1.29, 1.82) is 0 Å². The lowest BCUT2D eigenvalue weighted by atomic mass is 9.91. The minimum Gasteiger partial charge on any atom is -0.490 e. The average Bonchev–Trinajstić information content (AvgIpc) is 2.71. The molecule has 2 aliphatic rings. The van der Waals surface area contributed by atoms with Gasteiger partial charge in [-0.15, -0.1) is 0 Å². The maximum Gasteiger partial charge on any atom is 0.224 e. The molecule has 0 atom stereocenters. The minimum atomic E-state index is -1.01. The highest BCUT2D eigenvalue weighted by molar-refractivity contribution is 6.34. The standard InChI is InChI=1S/C22H23Cl2FN2O3/c1-13-10-18(17(25)11-16(13)24)27-8-6-22(29,7-9-27)12-30-19-4-3-15(23)21-14(19)2-5-20(28)26-21/h3-4,10-11,29H,2,5-9,12H2,1H3,(H,26,28). The predicted molar refractivity (Wildman–Crippen MR) is 116 cm³/mol. The van der Waals surface area contributed by atoms with Gasteiger partial charge in [0.05, 0.1) is 16.4 Å². The van der Waals surface area contributed by atoms with Gasteiger partial charge in [0.2, 0.25) is 5.91 Å². The first-order valence-corrected chi connectivity index (χ1v) is 10.7. The van der Waals surface area contributed by atoms with Crippen molar-refractivity contribution in [3.63, 3.8) is 0 Å². The maximum absolute atomic E-state index is 14.3. The second kappa shape index (κ2) is 8.25. The Morgan fingerprint density at radius 1 is 1.20 bits per heavy atom. The van der Waals surface area contributed by atoms with Crippen LogP contribution in [0.1, 0.15) is 30.4 Å². The van der Waals surface area contributed by atoms with Crippen LogP contribution in [0.4, 0.5) is 15.8 Å². The van der Waals surface area contributed by atoms with Gasteiger partial charge in [0.1, 0.15) is 23.8 Å². The first kappa shape index (κ1) is 21.2. The van der Waals surface area contributed by atoms with Crippen molar-refractivity contribution in [2.45, 2.75) is 38.2 Å². The van der Waals surface area contributed by atoms with Gasteiger partial charge in [0, 0.05) is 30.1 Å². The molecule has 1 amide bonds. The summed E-state index contributed by atoms with van der Waals surface area (Å²) >= 11 is 12.2. The second-order valence-electron chi connectivity index (χ2n) is 8.00. The fourth-order valence-electron chi connectivity index (χ4n) is 3.96. The number of carbonyl (C=O) groups is 1. The fraction of sp³-hybridized carbons (Fsp3) is 0.409. The summed E-state index contributed by atoms with van der Waals surface area (Å²) in [5.41, 5.74) is 1.74. The van der Waals surface area contributed by atoms with Crippen LogP contribution in [0.25, 0.3) is 0 Å². The molecule has 1 saturated heterocycles. The van der Waals surface area contributed by atoms with Crippen LogP contribution in [0.2, 0.25) is 10.0 Å². The number of hydrogen-bond acceptors (Lipinski definition) is 4. The van der Waals surface area contributed by atoms with E-state index in [0.717, 1.165) is 11.1 Å². The van der Waals surface area contributed by atoms with Gasteiger partial charge in [0.25, 0.3) is 0 Å². The Hall–Kier alpha value is -2.02. The maximum atomic E-state index is 14.3. The fourth-order valence-corrected chi connectivity index (χ4v) is 4.34. The number of aryl methyl sites for hydroxylation is 1. The summed E-state index contributed by atoms with van der Waals surface area (Å²) in [4.78, 5) is 13.6. The quantitative estimate of drug-likeness (QED) is 0.703. The van der Waals surface area contributed by atoms with Gasteiger partial charge in [-0.2, -0.15) is 0 Å². The molecule has 0 radical (unpaired) electrons. The number of fused-ring (bicyclic) bond motifs is 1. The van der Waals surface area contributed by atoms with Gasteiger partial charge in [-0.05, 0) is 56.0 Å². The van der Waals surface area contributed by atoms with Crippen LogP contribution in [0.15, 0.2) is 24.3 Å². The van der Waals surface area contributed by atoms with Crippen molar-refractivity contribution in [2.24, 2.45) is 0 Å². The minimum absolute atomic E-state index is 0.0720. The van der Waals surface area contributed by atoms with Gasteiger partial charge in [-0.3, -0.25) is 4.79 Å². The third-order valence-electron chi connectivity index (χ3n) is 5.84. The normalized spacial score (nSPS) is 18.0. The largest absolute Gasteiger partial charge is 0.490 e. The first-order chi connectivity index (χ1) is 14.3. The van der Waals surface area contributed by atoms with Crippen molar-refractivity contribution >= 4 is 40.5 Å². The van der Waals surface area contributed by atoms with Crippen LogP contribution in [0.5, 0.6) is 5.75 Å². The Morgan fingerprint density at radius 3 is 2.67 bits per heavy atom. The predicted octanol–water partition coefficient (Wildman–Crippen LogP) is 4.74. The highest BCUT2D eigenvalue weighted by Crippen LogP contribution is 2.38. The van der Waals surface area contributed by atoms with Crippen LogP contribution in [0, 0.1) is 12.7 Å². The highest BCUT2D eigenvalue weighted by atomic mass is 35.5. The van der Waals surface area contributed by atoms with Gasteiger partial charge >= 0.3 is 0 Å². The molecule has 1 fully saturated rings. The number of nitrogens with zero attached hydrogens (tertiary/aromatic N) is 1. The van der Waals surface area contributed by atoms with Crippen molar-refractivity contribution in [3.8, 4) is 5.75 Å². The van der Waals surface area contributed by atoms with Crippen LogP contribution < -0.4 is 15.0 Å². The zero-order chi connectivity index (χ0) is 21.5. The molecule has 8 heteroatoms. The van der Waals surface area contributed by atoms with E-state index in [4.69, 9.17) is 27.9 Å². The number of ether oxygens (including phenoxy) is 1. The highest BCUT2D eigenvalue weighted by Gasteiger charge is 2.34. The lowest BCUT2D eigenvalue weighted by molar-refractivity contribution is -0.116. The molecule has 160 valence electrons. The molecule has 2 N–H and O–H groups in total. The molecule has 2 aromatic rings. The Bertz CT molecular complexity index is 991. The van der Waals surface area contributed by atoms with E-state index >= 15 is 0 Å². The molecule has 0 bridgehead atoms. The average molecular weight is 453 g/mol. The summed E-state index contributed by atoms with van der Waals surface area (Å²) < 4.78 is 20.3. The number of amides is 1. The molecule has 0 saturated carbocycles. The van der Waals surface area contributed by atoms with Crippen LogP contribution >= 0.6 is 23.2 Å². The molecule has 0 aliphatic carbocycles. The van der Waals surface area contributed by atoms with E-state index in [1.807, 2.05) is 11.8 Å². The second-order valence-corrected chi connectivity index (χ2v) is 8.81. The summed E-state index contributed by atoms with van der Waals surface area (Å²) in [6.07, 6.45) is 1.80. The number of carbonyl (C=O) groups excluding carboxylic acids is 1. The Kier molecular flexibility index (Phi) is 5.84. The number of rotatable bonds is 4. The Balaban J connectivity index is 1.42. The Morgan fingerprint density at radius 2 is 1.93 bits per heavy atom. The number of aliphatic hydroxyl groups is 1. The zero-order valence-corrected chi connectivity index (χ0v) is 18.1. The monoisotopic (exact) mass is 452 g/mol. The van der Waals surface area contributed by atoms with Crippen molar-refractivity contribution in [1.82, 2.24) is 0 Å². The van der Waals surface area contributed by atoms with Crippen molar-refractivity contribution < 1.29 is 19.0 Å². The molecule has 5 nitrogen and oxygen atoms in total. The first-order valence-electron chi connectivity index (χ1n) is 9.93. The summed E-state index contributed by atoms with van der Waals surface area (Å²) in [6, 6.07) is 6.52. The molecule has 2 aliphatic heterocycles. The van der Waals surface area contributed by atoms with E-state index in [1.165, 1.54) is 6.07 Å². The molecule has 30 heavy (non-hydrogen) atoms. The molecule has 0 spiro atoms. The molecule has 2 heterocycles. The van der Waals surface area contributed by atoms with Gasteiger partial charge in [-0.25, -0.2) is 4.39 Å². The lowest BCUT2D eigenvalue weighted by Crippen LogP contribution is -2.48. The molecule has 2 aromatic carbocycles. The Labute approximate surface area is 184 Å². The van der Waals surface area contributed by atoms with E-state index in [0.29, 0.717) is 65.9 Å². The van der Waals surface area contributed by atoms with Crippen LogP contribution in [0.3, 0.4) is 0 Å². The van der Waals surface area contributed by atoms with E-state index in [-0.39, 0.29) is 18.3 Å². The molecular weight excluding hydrogens is 430 g/mol. The van der Waals surface area contributed by atoms with E-state index in [1.54, 1.807) is 18.2 Å². The third-order valence-corrected chi connectivity index (χ3v) is 6.57. The van der Waals surface area contributed by atoms with Crippen molar-refractivity contribution in [2.75, 3.05) is 29.9 Å². The van der Waals surface area contributed by atoms with E-state index in [2.05, 4.69) is 5.32 Å². The van der Waals surface area contributed by atoms with Crippen molar-refractivity contribution in [3.05, 3.63) is 51.3 Å². The summed E-state index contributed by atoms with van der Waals surface area (Å²) in [5, 5.41) is 14.7. The number of benzene rings is 2. The SMILES string of the molecule is Cc1cc(N2CCC(O)(COc3ccc(Cl)c4c3CCC(=O)N4)CC2)c(F)cc1Cl. The molecule has 4 rings (SSSR count).